The molecule has 0 bridgehead atoms. The molecule has 0 N–H and O–H groups in total. The van der Waals surface area contributed by atoms with Gasteiger partial charge in [0.05, 0.1) is 5.56 Å². The van der Waals surface area contributed by atoms with E-state index in [1.165, 1.54) is 22.6 Å². The van der Waals surface area contributed by atoms with Crippen molar-refractivity contribution in [3.63, 3.8) is 0 Å². The summed E-state index contributed by atoms with van der Waals surface area (Å²) in [5, 5.41) is 0. The first-order chi connectivity index (χ1) is 12.9. The largest absolute Gasteiger partial charge is 0.416 e. The fraction of sp³-hybridized carbons (Fsp3) is 0.263. The fourth-order valence-corrected chi connectivity index (χ4v) is 3.28. The van der Waals surface area contributed by atoms with Crippen LogP contribution in [0.25, 0.3) is 5.65 Å². The van der Waals surface area contributed by atoms with E-state index in [0.29, 0.717) is 43.3 Å². The summed E-state index contributed by atoms with van der Waals surface area (Å²) in [6, 6.07) is 12.2. The summed E-state index contributed by atoms with van der Waals surface area (Å²) in [5.74, 6) is 0.592. The Morgan fingerprint density at radius 1 is 0.889 bits per heavy atom. The summed E-state index contributed by atoms with van der Waals surface area (Å²) in [6.07, 6.45) is -2.69. The first kappa shape index (κ1) is 17.4. The predicted octanol–water partition coefficient (Wildman–Crippen LogP) is 3.04. The van der Waals surface area contributed by atoms with E-state index < -0.39 is 11.7 Å². The minimum atomic E-state index is -4.35. The van der Waals surface area contributed by atoms with Gasteiger partial charge in [0.15, 0.2) is 0 Å². The van der Waals surface area contributed by atoms with Crippen LogP contribution < -0.4 is 15.4 Å². The molecule has 27 heavy (non-hydrogen) atoms. The van der Waals surface area contributed by atoms with Crippen LogP contribution in [0.1, 0.15) is 5.56 Å². The second-order valence-corrected chi connectivity index (χ2v) is 6.40. The molecule has 2 aromatic heterocycles. The molecule has 5 nitrogen and oxygen atoms in total. The van der Waals surface area contributed by atoms with E-state index in [1.54, 1.807) is 24.4 Å². The van der Waals surface area contributed by atoms with Gasteiger partial charge >= 0.3 is 6.18 Å². The Balaban J connectivity index is 1.52. The molecule has 1 aromatic carbocycles. The number of anilines is 2. The molecular formula is C19H17F3N4O. The molecule has 4 rings (SSSR count). The Morgan fingerprint density at radius 3 is 2.37 bits per heavy atom. The Kier molecular flexibility index (Phi) is 4.25. The molecule has 140 valence electrons. The standard InChI is InChI=1S/C19H17F3N4O/c20-19(21,22)14-4-3-5-15(12-14)24-8-10-25(11-9-24)17-13-18(27)26-7-2-1-6-16(26)23-17/h1-7,12-13H,8-11H2. The van der Waals surface area contributed by atoms with Crippen LogP contribution in [-0.4, -0.2) is 35.6 Å². The van der Waals surface area contributed by atoms with E-state index in [2.05, 4.69) is 4.98 Å². The minimum absolute atomic E-state index is 0.157. The molecule has 0 unspecified atom stereocenters. The summed E-state index contributed by atoms with van der Waals surface area (Å²) in [4.78, 5) is 20.7. The third-order valence-corrected chi connectivity index (χ3v) is 4.70. The highest BCUT2D eigenvalue weighted by Crippen LogP contribution is 2.32. The number of pyridine rings is 1. The molecule has 1 aliphatic heterocycles. The van der Waals surface area contributed by atoms with Crippen molar-refractivity contribution in [1.29, 1.82) is 0 Å². The highest BCUT2D eigenvalue weighted by Gasteiger charge is 2.31. The van der Waals surface area contributed by atoms with Crippen LogP contribution in [0.5, 0.6) is 0 Å². The van der Waals surface area contributed by atoms with Crippen molar-refractivity contribution in [3.05, 3.63) is 70.6 Å². The number of nitrogens with zero attached hydrogens (tertiary/aromatic N) is 4. The summed E-state index contributed by atoms with van der Waals surface area (Å²) < 4.78 is 40.2. The Labute approximate surface area is 153 Å². The van der Waals surface area contributed by atoms with Crippen molar-refractivity contribution < 1.29 is 13.2 Å². The van der Waals surface area contributed by atoms with Crippen molar-refractivity contribution >= 4 is 17.2 Å². The van der Waals surface area contributed by atoms with Crippen molar-refractivity contribution in [1.82, 2.24) is 9.38 Å². The number of fused-ring (bicyclic) bond motifs is 1. The van der Waals surface area contributed by atoms with Crippen LogP contribution in [0.2, 0.25) is 0 Å². The van der Waals surface area contributed by atoms with Gasteiger partial charge in [-0.25, -0.2) is 4.98 Å². The summed E-state index contributed by atoms with van der Waals surface area (Å²) in [6.45, 7) is 2.26. The second-order valence-electron chi connectivity index (χ2n) is 6.40. The third-order valence-electron chi connectivity index (χ3n) is 4.70. The van der Waals surface area contributed by atoms with Gasteiger partial charge in [-0.15, -0.1) is 0 Å². The first-order valence-electron chi connectivity index (χ1n) is 8.57. The fourth-order valence-electron chi connectivity index (χ4n) is 3.28. The van der Waals surface area contributed by atoms with Gasteiger partial charge in [0, 0.05) is 44.1 Å². The Hall–Kier alpha value is -3.03. The number of hydrogen-bond donors (Lipinski definition) is 0. The van der Waals surface area contributed by atoms with Gasteiger partial charge in [-0.3, -0.25) is 9.20 Å². The van der Waals surface area contributed by atoms with E-state index in [4.69, 9.17) is 0 Å². The Morgan fingerprint density at radius 2 is 1.63 bits per heavy atom. The molecular weight excluding hydrogens is 357 g/mol. The average Bonchev–Trinajstić information content (AvgIpc) is 2.67. The van der Waals surface area contributed by atoms with Crippen LogP contribution in [0.3, 0.4) is 0 Å². The van der Waals surface area contributed by atoms with Gasteiger partial charge in [-0.05, 0) is 30.3 Å². The number of alkyl halides is 3. The monoisotopic (exact) mass is 374 g/mol. The molecule has 0 atom stereocenters. The summed E-state index contributed by atoms with van der Waals surface area (Å²) >= 11 is 0. The van der Waals surface area contributed by atoms with Crippen LogP contribution in [0, 0.1) is 0 Å². The maximum Gasteiger partial charge on any atom is 0.416 e. The lowest BCUT2D eigenvalue weighted by molar-refractivity contribution is -0.137. The predicted molar refractivity (Wildman–Crippen MR) is 97.3 cm³/mol. The van der Waals surface area contributed by atoms with Crippen LogP contribution in [0.4, 0.5) is 24.7 Å². The SMILES string of the molecule is O=c1cc(N2CCN(c3cccc(C(F)(F)F)c3)CC2)nc2ccccn12. The number of hydrogen-bond acceptors (Lipinski definition) is 4. The van der Waals surface area contributed by atoms with Crippen molar-refractivity contribution in [3.8, 4) is 0 Å². The number of halogens is 3. The molecule has 0 amide bonds. The smallest absolute Gasteiger partial charge is 0.368 e. The topological polar surface area (TPSA) is 40.9 Å². The van der Waals surface area contributed by atoms with Crippen molar-refractivity contribution in [2.45, 2.75) is 6.18 Å². The lowest BCUT2D eigenvalue weighted by Gasteiger charge is -2.36. The average molecular weight is 374 g/mol. The second kappa shape index (κ2) is 6.61. The van der Waals surface area contributed by atoms with E-state index in [9.17, 15) is 18.0 Å². The molecule has 1 saturated heterocycles. The molecule has 1 fully saturated rings. The lowest BCUT2D eigenvalue weighted by atomic mass is 10.1. The van der Waals surface area contributed by atoms with Crippen molar-refractivity contribution in [2.75, 3.05) is 36.0 Å². The van der Waals surface area contributed by atoms with Crippen LogP contribution in [-0.2, 0) is 6.18 Å². The zero-order chi connectivity index (χ0) is 19.0. The molecule has 8 heteroatoms. The van der Waals surface area contributed by atoms with Crippen molar-refractivity contribution in [2.24, 2.45) is 0 Å². The molecule has 0 radical (unpaired) electrons. The maximum atomic E-state index is 12.9. The highest BCUT2D eigenvalue weighted by atomic mass is 19.4. The molecule has 0 aliphatic carbocycles. The van der Waals surface area contributed by atoms with E-state index >= 15 is 0 Å². The van der Waals surface area contributed by atoms with Gasteiger partial charge in [-0.1, -0.05) is 12.1 Å². The van der Waals surface area contributed by atoms with Gasteiger partial charge in [0.2, 0.25) is 0 Å². The molecule has 3 heterocycles. The summed E-state index contributed by atoms with van der Waals surface area (Å²) in [5.41, 5.74) is 0.318. The molecule has 1 aliphatic rings. The first-order valence-corrected chi connectivity index (χ1v) is 8.57. The minimum Gasteiger partial charge on any atom is -0.368 e. The zero-order valence-corrected chi connectivity index (χ0v) is 14.4. The number of rotatable bonds is 2. The highest BCUT2D eigenvalue weighted by molar-refractivity contribution is 5.53. The number of benzene rings is 1. The molecule has 0 saturated carbocycles. The van der Waals surface area contributed by atoms with E-state index in [1.807, 2.05) is 15.9 Å². The van der Waals surface area contributed by atoms with E-state index in [0.717, 1.165) is 6.07 Å². The van der Waals surface area contributed by atoms with Gasteiger partial charge in [0.25, 0.3) is 5.56 Å². The normalized spacial score (nSPS) is 15.4. The summed E-state index contributed by atoms with van der Waals surface area (Å²) in [7, 11) is 0. The Bertz CT molecular complexity index is 1020. The molecule has 3 aromatic rings. The lowest BCUT2D eigenvalue weighted by Crippen LogP contribution is -2.47. The van der Waals surface area contributed by atoms with E-state index in [-0.39, 0.29) is 5.56 Å². The zero-order valence-electron chi connectivity index (χ0n) is 14.4. The third kappa shape index (κ3) is 3.47. The van der Waals surface area contributed by atoms with Crippen LogP contribution >= 0.6 is 0 Å². The number of aromatic nitrogens is 2. The van der Waals surface area contributed by atoms with Gasteiger partial charge < -0.3 is 9.80 Å². The maximum absolute atomic E-state index is 12.9. The van der Waals surface area contributed by atoms with Gasteiger partial charge in [-0.2, -0.15) is 13.2 Å². The molecule has 0 spiro atoms. The quantitative estimate of drug-likeness (QED) is 0.691. The van der Waals surface area contributed by atoms with Gasteiger partial charge in [0.1, 0.15) is 11.5 Å². The van der Waals surface area contributed by atoms with Crippen LogP contribution in [0.15, 0.2) is 59.5 Å². The number of piperazine rings is 1.